The molecular weight excluding hydrogens is 324 g/mol. The molecule has 24 heavy (non-hydrogen) atoms. The van der Waals surface area contributed by atoms with Crippen molar-refractivity contribution in [3.05, 3.63) is 47.5 Å². The van der Waals surface area contributed by atoms with E-state index in [0.717, 1.165) is 12.8 Å². The van der Waals surface area contributed by atoms with Gasteiger partial charge in [0.25, 0.3) is 0 Å². The second-order valence-corrected chi connectivity index (χ2v) is 6.25. The van der Waals surface area contributed by atoms with Crippen molar-refractivity contribution in [3.8, 4) is 11.6 Å². The minimum absolute atomic E-state index is 0.452. The predicted octanol–water partition coefficient (Wildman–Crippen LogP) is 4.25. The zero-order valence-electron chi connectivity index (χ0n) is 13.8. The summed E-state index contributed by atoms with van der Waals surface area (Å²) in [5, 5.41) is 0. The standard InChI is InChI=1S/C18H20N2O3S/c1-22-17-9-5-8-16(19-17)20(24-2)18(21)23-15-11-10-13-6-3-4-7-14(13)12-15/h5,8-12H,3-4,6-7H2,1-2H3. The maximum Gasteiger partial charge on any atom is 0.431 e. The Labute approximate surface area is 146 Å². The van der Waals surface area contributed by atoms with E-state index in [4.69, 9.17) is 9.47 Å². The predicted molar refractivity (Wildman–Crippen MR) is 95.9 cm³/mol. The Balaban J connectivity index is 1.77. The van der Waals surface area contributed by atoms with Crippen LogP contribution in [-0.4, -0.2) is 24.4 Å². The van der Waals surface area contributed by atoms with Gasteiger partial charge in [-0.2, -0.15) is 4.98 Å². The van der Waals surface area contributed by atoms with Gasteiger partial charge in [0.1, 0.15) is 5.75 Å². The smallest absolute Gasteiger partial charge is 0.431 e. The van der Waals surface area contributed by atoms with Crippen LogP contribution in [0.25, 0.3) is 0 Å². The van der Waals surface area contributed by atoms with E-state index in [0.29, 0.717) is 17.4 Å². The lowest BCUT2D eigenvalue weighted by atomic mass is 9.92. The number of aromatic nitrogens is 1. The van der Waals surface area contributed by atoms with Crippen molar-refractivity contribution in [2.45, 2.75) is 25.7 Å². The number of pyridine rings is 1. The summed E-state index contributed by atoms with van der Waals surface area (Å²) in [5.74, 6) is 1.50. The third-order valence-electron chi connectivity index (χ3n) is 4.00. The first-order valence-corrected chi connectivity index (χ1v) is 9.08. The van der Waals surface area contributed by atoms with E-state index >= 15 is 0 Å². The van der Waals surface area contributed by atoms with Gasteiger partial charge < -0.3 is 9.47 Å². The third-order valence-corrected chi connectivity index (χ3v) is 4.70. The highest BCUT2D eigenvalue weighted by Crippen LogP contribution is 2.27. The summed E-state index contributed by atoms with van der Waals surface area (Å²) in [4.78, 5) is 16.8. The molecule has 1 aliphatic rings. The number of hydrogen-bond donors (Lipinski definition) is 0. The van der Waals surface area contributed by atoms with Crippen LogP contribution < -0.4 is 13.8 Å². The maximum absolute atomic E-state index is 12.5. The number of carbonyl (C=O) groups excluding carboxylic acids is 1. The minimum Gasteiger partial charge on any atom is -0.481 e. The largest absolute Gasteiger partial charge is 0.481 e. The average Bonchev–Trinajstić information content (AvgIpc) is 2.62. The fraction of sp³-hybridized carbons (Fsp3) is 0.333. The SMILES string of the molecule is COc1cccc(N(SC)C(=O)Oc2ccc3c(c2)CCCC3)n1. The molecular formula is C18H20N2O3S. The number of aryl methyl sites for hydroxylation is 2. The van der Waals surface area contributed by atoms with Crippen LogP contribution in [0.15, 0.2) is 36.4 Å². The molecule has 0 unspecified atom stereocenters. The Hall–Kier alpha value is -2.21. The quantitative estimate of drug-likeness (QED) is 0.776. The maximum atomic E-state index is 12.5. The first kappa shape index (κ1) is 16.6. The molecule has 2 aromatic rings. The van der Waals surface area contributed by atoms with Crippen LogP contribution in [-0.2, 0) is 12.8 Å². The molecule has 1 aliphatic carbocycles. The van der Waals surface area contributed by atoms with Crippen molar-refractivity contribution in [1.29, 1.82) is 0 Å². The first-order valence-electron chi connectivity index (χ1n) is 7.90. The summed E-state index contributed by atoms with van der Waals surface area (Å²) in [7, 11) is 1.54. The highest BCUT2D eigenvalue weighted by molar-refractivity contribution is 8.00. The molecule has 3 rings (SSSR count). The van der Waals surface area contributed by atoms with Gasteiger partial charge in [0, 0.05) is 12.3 Å². The number of carbonyl (C=O) groups is 1. The average molecular weight is 344 g/mol. The van der Waals surface area contributed by atoms with E-state index in [1.165, 1.54) is 40.2 Å². The van der Waals surface area contributed by atoms with Gasteiger partial charge in [-0.25, -0.2) is 9.10 Å². The Bertz CT molecular complexity index is 736. The third kappa shape index (κ3) is 3.64. The molecule has 1 heterocycles. The second kappa shape index (κ2) is 7.57. The number of benzene rings is 1. The Morgan fingerprint density at radius 2 is 1.96 bits per heavy atom. The zero-order valence-corrected chi connectivity index (χ0v) is 14.6. The number of hydrogen-bond acceptors (Lipinski definition) is 5. The first-order chi connectivity index (χ1) is 11.7. The summed E-state index contributed by atoms with van der Waals surface area (Å²) < 4.78 is 12.1. The lowest BCUT2D eigenvalue weighted by Crippen LogP contribution is -2.27. The van der Waals surface area contributed by atoms with Gasteiger partial charge in [-0.15, -0.1) is 0 Å². The van der Waals surface area contributed by atoms with Crippen LogP contribution in [0.5, 0.6) is 11.6 Å². The summed E-state index contributed by atoms with van der Waals surface area (Å²) >= 11 is 1.24. The summed E-state index contributed by atoms with van der Waals surface area (Å²) in [6.07, 6.45) is 5.90. The van der Waals surface area contributed by atoms with Crippen molar-refractivity contribution in [2.75, 3.05) is 17.7 Å². The molecule has 0 saturated heterocycles. The fourth-order valence-corrected chi connectivity index (χ4v) is 3.28. The number of anilines is 1. The molecule has 0 aliphatic heterocycles. The van der Waals surface area contributed by atoms with Crippen LogP contribution in [0.3, 0.4) is 0 Å². The fourth-order valence-electron chi connectivity index (χ4n) is 2.81. The van der Waals surface area contributed by atoms with Gasteiger partial charge in [0.15, 0.2) is 5.82 Å². The number of amides is 1. The van der Waals surface area contributed by atoms with Crippen LogP contribution in [0.2, 0.25) is 0 Å². The van der Waals surface area contributed by atoms with Gasteiger partial charge in [-0.3, -0.25) is 0 Å². The molecule has 6 heteroatoms. The van der Waals surface area contributed by atoms with Gasteiger partial charge in [0.2, 0.25) is 5.88 Å². The molecule has 0 spiro atoms. The topological polar surface area (TPSA) is 51.7 Å². The van der Waals surface area contributed by atoms with Crippen molar-refractivity contribution in [2.24, 2.45) is 0 Å². The second-order valence-electron chi connectivity index (χ2n) is 5.52. The van der Waals surface area contributed by atoms with E-state index < -0.39 is 6.09 Å². The van der Waals surface area contributed by atoms with E-state index in [9.17, 15) is 4.79 Å². The highest BCUT2D eigenvalue weighted by atomic mass is 32.2. The van der Waals surface area contributed by atoms with E-state index in [2.05, 4.69) is 11.1 Å². The van der Waals surface area contributed by atoms with Gasteiger partial charge in [-0.1, -0.05) is 12.1 Å². The van der Waals surface area contributed by atoms with Crippen LogP contribution in [0, 0.1) is 0 Å². The lowest BCUT2D eigenvalue weighted by Gasteiger charge is -2.20. The minimum atomic E-state index is -0.473. The Morgan fingerprint density at radius 3 is 2.71 bits per heavy atom. The molecule has 0 atom stereocenters. The van der Waals surface area contributed by atoms with Crippen molar-refractivity contribution in [3.63, 3.8) is 0 Å². The number of fused-ring (bicyclic) bond motifs is 1. The molecule has 0 radical (unpaired) electrons. The van der Waals surface area contributed by atoms with Gasteiger partial charge in [-0.05, 0) is 67.0 Å². The molecule has 0 saturated carbocycles. The van der Waals surface area contributed by atoms with Crippen molar-refractivity contribution >= 4 is 23.9 Å². The summed E-state index contributed by atoms with van der Waals surface area (Å²) in [5.41, 5.74) is 2.64. The molecule has 1 aromatic carbocycles. The number of ether oxygens (including phenoxy) is 2. The molecule has 5 nitrogen and oxygen atoms in total. The van der Waals surface area contributed by atoms with Crippen LogP contribution in [0.4, 0.5) is 10.6 Å². The number of nitrogens with zero attached hydrogens (tertiary/aromatic N) is 2. The summed E-state index contributed by atoms with van der Waals surface area (Å²) in [6, 6.07) is 11.2. The molecule has 126 valence electrons. The monoisotopic (exact) mass is 344 g/mol. The van der Waals surface area contributed by atoms with Gasteiger partial charge >= 0.3 is 6.09 Å². The molecule has 0 fully saturated rings. The molecule has 1 amide bonds. The van der Waals surface area contributed by atoms with Crippen molar-refractivity contribution < 1.29 is 14.3 Å². The Morgan fingerprint density at radius 1 is 1.17 bits per heavy atom. The zero-order chi connectivity index (χ0) is 16.9. The molecule has 1 aromatic heterocycles. The van der Waals surface area contributed by atoms with E-state index in [1.807, 2.05) is 12.1 Å². The normalized spacial score (nSPS) is 13.1. The lowest BCUT2D eigenvalue weighted by molar-refractivity contribution is 0.212. The number of methoxy groups -OCH3 is 1. The Kier molecular flexibility index (Phi) is 5.25. The highest BCUT2D eigenvalue weighted by Gasteiger charge is 2.20. The van der Waals surface area contributed by atoms with E-state index in [1.54, 1.807) is 31.6 Å². The van der Waals surface area contributed by atoms with E-state index in [-0.39, 0.29) is 0 Å². The molecule has 0 bridgehead atoms. The summed E-state index contributed by atoms with van der Waals surface area (Å²) in [6.45, 7) is 0. The van der Waals surface area contributed by atoms with Crippen LogP contribution in [0.1, 0.15) is 24.0 Å². The van der Waals surface area contributed by atoms with Crippen LogP contribution >= 0.6 is 11.9 Å². The molecule has 0 N–H and O–H groups in total. The van der Waals surface area contributed by atoms with Gasteiger partial charge in [0.05, 0.1) is 7.11 Å². The van der Waals surface area contributed by atoms with Crippen molar-refractivity contribution in [1.82, 2.24) is 4.98 Å². The number of rotatable bonds is 4.